The largest absolute Gasteiger partial charge is 0.417 e. The molecule has 0 fully saturated rings. The molecule has 0 unspecified atom stereocenters. The van der Waals surface area contributed by atoms with Gasteiger partial charge in [-0.15, -0.1) is 0 Å². The first-order valence-corrected chi connectivity index (χ1v) is 6.76. The maximum absolute atomic E-state index is 13.2. The zero-order valence-electron chi connectivity index (χ0n) is 11.9. The van der Waals surface area contributed by atoms with Gasteiger partial charge in [0, 0.05) is 17.5 Å². The van der Waals surface area contributed by atoms with Crippen molar-refractivity contribution >= 4 is 16.6 Å². The van der Waals surface area contributed by atoms with E-state index < -0.39 is 22.2 Å². The second-order valence-electron chi connectivity index (χ2n) is 4.99. The van der Waals surface area contributed by atoms with Crippen molar-refractivity contribution in [2.24, 2.45) is 0 Å². The SMILES string of the molecule is O=c1cc(C(F)(F)F)c2ccccc2n1-c1ccccc1[N+](=O)[O-]. The predicted octanol–water partition coefficient (Wildman–Crippen LogP) is 3.92. The molecule has 2 aromatic carbocycles. The van der Waals surface area contributed by atoms with Gasteiger partial charge in [-0.3, -0.25) is 19.5 Å². The van der Waals surface area contributed by atoms with Gasteiger partial charge in [0.05, 0.1) is 16.0 Å². The fourth-order valence-electron chi connectivity index (χ4n) is 2.57. The third kappa shape index (κ3) is 2.51. The number of halogens is 3. The fraction of sp³-hybridized carbons (Fsp3) is 0.0625. The van der Waals surface area contributed by atoms with Crippen molar-refractivity contribution in [1.29, 1.82) is 0 Å². The molecule has 0 aliphatic heterocycles. The van der Waals surface area contributed by atoms with E-state index in [1.807, 2.05) is 0 Å². The zero-order valence-corrected chi connectivity index (χ0v) is 11.9. The highest BCUT2D eigenvalue weighted by atomic mass is 19.4. The van der Waals surface area contributed by atoms with Crippen LogP contribution in [0.4, 0.5) is 18.9 Å². The summed E-state index contributed by atoms with van der Waals surface area (Å²) >= 11 is 0. The molecule has 0 aliphatic rings. The minimum absolute atomic E-state index is 0.0494. The number of nitro benzene ring substituents is 1. The van der Waals surface area contributed by atoms with Crippen LogP contribution in [-0.4, -0.2) is 9.49 Å². The minimum Gasteiger partial charge on any atom is -0.270 e. The van der Waals surface area contributed by atoms with Crippen molar-refractivity contribution in [2.45, 2.75) is 6.18 Å². The van der Waals surface area contributed by atoms with Crippen LogP contribution >= 0.6 is 0 Å². The van der Waals surface area contributed by atoms with E-state index >= 15 is 0 Å². The summed E-state index contributed by atoms with van der Waals surface area (Å²) < 4.78 is 40.5. The Morgan fingerprint density at radius 1 is 1.00 bits per heavy atom. The number of fused-ring (bicyclic) bond motifs is 1. The van der Waals surface area contributed by atoms with Crippen molar-refractivity contribution in [3.8, 4) is 5.69 Å². The van der Waals surface area contributed by atoms with Crippen LogP contribution in [0.15, 0.2) is 59.4 Å². The number of benzene rings is 2. The van der Waals surface area contributed by atoms with Gasteiger partial charge in [0.25, 0.3) is 11.2 Å². The van der Waals surface area contributed by atoms with Gasteiger partial charge in [0.1, 0.15) is 5.69 Å². The van der Waals surface area contributed by atoms with Crippen LogP contribution in [0.2, 0.25) is 0 Å². The molecular formula is C16H9F3N2O3. The van der Waals surface area contributed by atoms with Gasteiger partial charge in [-0.1, -0.05) is 30.3 Å². The summed E-state index contributed by atoms with van der Waals surface area (Å²) in [4.78, 5) is 22.8. The lowest BCUT2D eigenvalue weighted by Crippen LogP contribution is -2.22. The molecule has 24 heavy (non-hydrogen) atoms. The first-order chi connectivity index (χ1) is 11.3. The van der Waals surface area contributed by atoms with E-state index in [1.54, 1.807) is 0 Å². The number of aromatic nitrogens is 1. The summed E-state index contributed by atoms with van der Waals surface area (Å²) in [6.07, 6.45) is -4.71. The molecule has 0 saturated carbocycles. The number of nitrogens with zero attached hydrogens (tertiary/aromatic N) is 2. The third-order valence-electron chi connectivity index (χ3n) is 3.55. The Bertz CT molecular complexity index is 1010. The summed E-state index contributed by atoms with van der Waals surface area (Å²) in [5.74, 6) is 0. The number of hydrogen-bond acceptors (Lipinski definition) is 3. The molecule has 5 nitrogen and oxygen atoms in total. The highest BCUT2D eigenvalue weighted by Gasteiger charge is 2.34. The summed E-state index contributed by atoms with van der Waals surface area (Å²) in [5.41, 5.74) is -2.57. The average molecular weight is 334 g/mol. The average Bonchev–Trinajstić information content (AvgIpc) is 2.53. The first-order valence-electron chi connectivity index (χ1n) is 6.76. The maximum atomic E-state index is 13.2. The van der Waals surface area contributed by atoms with Gasteiger partial charge in [0.15, 0.2) is 0 Å². The molecule has 0 atom stereocenters. The maximum Gasteiger partial charge on any atom is 0.417 e. The number of alkyl halides is 3. The van der Waals surface area contributed by atoms with Crippen LogP contribution < -0.4 is 5.56 Å². The van der Waals surface area contributed by atoms with Gasteiger partial charge in [-0.2, -0.15) is 13.2 Å². The van der Waals surface area contributed by atoms with Crippen LogP contribution in [0.25, 0.3) is 16.6 Å². The highest BCUT2D eigenvalue weighted by Crippen LogP contribution is 2.35. The Morgan fingerprint density at radius 3 is 2.29 bits per heavy atom. The molecule has 1 heterocycles. The second-order valence-corrected chi connectivity index (χ2v) is 4.99. The first kappa shape index (κ1) is 15.7. The Labute approximate surface area is 132 Å². The van der Waals surface area contributed by atoms with Crippen LogP contribution in [-0.2, 0) is 6.18 Å². The standard InChI is InChI=1S/C16H9F3N2O3/c17-16(18,19)11-9-15(22)20(12-6-2-1-5-10(11)12)13-7-3-4-8-14(13)21(23)24/h1-9H. The number of pyridine rings is 1. The molecule has 0 amide bonds. The summed E-state index contributed by atoms with van der Waals surface area (Å²) in [6.45, 7) is 0. The molecule has 0 N–H and O–H groups in total. The van der Waals surface area contributed by atoms with E-state index in [0.29, 0.717) is 6.07 Å². The lowest BCUT2D eigenvalue weighted by Gasteiger charge is -2.15. The van der Waals surface area contributed by atoms with E-state index in [0.717, 1.165) is 4.57 Å². The van der Waals surface area contributed by atoms with E-state index in [2.05, 4.69) is 0 Å². The Morgan fingerprint density at radius 2 is 1.62 bits per heavy atom. The topological polar surface area (TPSA) is 65.1 Å². The number of para-hydroxylation sites is 3. The van der Waals surface area contributed by atoms with Crippen LogP contribution in [0.1, 0.15) is 5.56 Å². The molecule has 0 saturated heterocycles. The highest BCUT2D eigenvalue weighted by molar-refractivity contribution is 5.85. The molecule has 3 rings (SSSR count). The summed E-state index contributed by atoms with van der Waals surface area (Å²) in [7, 11) is 0. The van der Waals surface area contributed by atoms with Crippen LogP contribution in [0.5, 0.6) is 0 Å². The molecule has 8 heteroatoms. The van der Waals surface area contributed by atoms with Gasteiger partial charge >= 0.3 is 6.18 Å². The molecule has 0 spiro atoms. The monoisotopic (exact) mass is 334 g/mol. The van der Waals surface area contributed by atoms with E-state index in [4.69, 9.17) is 0 Å². The van der Waals surface area contributed by atoms with E-state index in [-0.39, 0.29) is 22.3 Å². The summed E-state index contributed by atoms with van der Waals surface area (Å²) in [5, 5.41) is 11.0. The van der Waals surface area contributed by atoms with E-state index in [9.17, 15) is 28.1 Å². The molecular weight excluding hydrogens is 325 g/mol. The Kier molecular flexibility index (Phi) is 3.59. The van der Waals surface area contributed by atoms with Crippen molar-refractivity contribution in [3.63, 3.8) is 0 Å². The normalized spacial score (nSPS) is 11.6. The number of rotatable bonds is 2. The number of hydrogen-bond donors (Lipinski definition) is 0. The van der Waals surface area contributed by atoms with Gasteiger partial charge < -0.3 is 0 Å². The van der Waals surface area contributed by atoms with Gasteiger partial charge in [-0.25, -0.2) is 0 Å². The van der Waals surface area contributed by atoms with Crippen molar-refractivity contribution in [3.05, 3.63) is 80.6 Å². The quantitative estimate of drug-likeness (QED) is 0.527. The molecule has 0 bridgehead atoms. The van der Waals surface area contributed by atoms with Crippen molar-refractivity contribution in [2.75, 3.05) is 0 Å². The molecule has 0 aliphatic carbocycles. The lowest BCUT2D eigenvalue weighted by atomic mass is 10.1. The minimum atomic E-state index is -4.71. The Balaban J connectivity index is 2.47. The number of nitro groups is 1. The van der Waals surface area contributed by atoms with Crippen LogP contribution in [0, 0.1) is 10.1 Å². The summed E-state index contributed by atoms with van der Waals surface area (Å²) in [6, 6.07) is 11.3. The van der Waals surface area contributed by atoms with Crippen LogP contribution in [0.3, 0.4) is 0 Å². The lowest BCUT2D eigenvalue weighted by molar-refractivity contribution is -0.384. The zero-order chi connectivity index (χ0) is 17.5. The van der Waals surface area contributed by atoms with Gasteiger partial charge in [-0.05, 0) is 12.1 Å². The molecule has 3 aromatic rings. The Hall–Kier alpha value is -3.16. The second kappa shape index (κ2) is 5.48. The molecule has 122 valence electrons. The van der Waals surface area contributed by atoms with Gasteiger partial charge in [0.2, 0.25) is 0 Å². The predicted molar refractivity (Wildman–Crippen MR) is 81.2 cm³/mol. The smallest absolute Gasteiger partial charge is 0.270 e. The molecule has 1 aromatic heterocycles. The van der Waals surface area contributed by atoms with Crippen molar-refractivity contribution in [1.82, 2.24) is 4.57 Å². The fourth-order valence-corrected chi connectivity index (χ4v) is 2.57. The van der Waals surface area contributed by atoms with Crippen molar-refractivity contribution < 1.29 is 18.1 Å². The van der Waals surface area contributed by atoms with E-state index in [1.165, 1.54) is 48.5 Å². The molecule has 0 radical (unpaired) electrons. The third-order valence-corrected chi connectivity index (χ3v) is 3.55.